The van der Waals surface area contributed by atoms with Crippen molar-refractivity contribution < 1.29 is 19.1 Å². The molecule has 2 aromatic heterocycles. The Bertz CT molecular complexity index is 1250. The van der Waals surface area contributed by atoms with Crippen LogP contribution in [0.15, 0.2) is 48.7 Å². The second-order valence-electron chi connectivity index (χ2n) is 6.32. The number of hydrogen-bond acceptors (Lipinski definition) is 9. The molecule has 0 unspecified atom stereocenters. The number of aromatic nitrogens is 4. The summed E-state index contributed by atoms with van der Waals surface area (Å²) in [5.74, 6) is 2.18. The smallest absolute Gasteiger partial charge is 0.271 e. The number of hydrogen-bond donors (Lipinski definition) is 1. The fourth-order valence-electron chi connectivity index (χ4n) is 3.10. The van der Waals surface area contributed by atoms with Crippen LogP contribution >= 0.6 is 0 Å². The molecule has 2 heterocycles. The Morgan fingerprint density at radius 3 is 2.42 bits per heavy atom. The van der Waals surface area contributed by atoms with Gasteiger partial charge in [-0.05, 0) is 18.2 Å². The van der Waals surface area contributed by atoms with Crippen molar-refractivity contribution in [2.45, 2.75) is 0 Å². The van der Waals surface area contributed by atoms with Gasteiger partial charge in [-0.1, -0.05) is 6.07 Å². The molecule has 4 rings (SSSR count). The van der Waals surface area contributed by atoms with Crippen molar-refractivity contribution in [1.82, 2.24) is 19.6 Å². The standard InChI is InChI=1S/C20H18N6O5/c1-29-15-9-12(10-16(30-2)18(15)31-3)19-21-8-7-17-23-20(24-25(17)19)22-13-5-4-6-14(11-13)26(27)28/h4-11H,1-3H3,(H,22,24). The SMILES string of the molecule is COc1cc(-c2nccc3nc(Nc4cccc([N+](=O)[O-])c4)nn23)cc(OC)c1OC. The fraction of sp³-hybridized carbons (Fsp3) is 0.150. The Morgan fingerprint density at radius 1 is 1.03 bits per heavy atom. The monoisotopic (exact) mass is 422 g/mol. The zero-order chi connectivity index (χ0) is 22.0. The Labute approximate surface area is 176 Å². The number of rotatable bonds is 7. The molecule has 0 spiro atoms. The topological polar surface area (TPSA) is 126 Å². The Morgan fingerprint density at radius 2 is 1.77 bits per heavy atom. The molecule has 0 atom stereocenters. The maximum Gasteiger partial charge on any atom is 0.271 e. The van der Waals surface area contributed by atoms with Crippen molar-refractivity contribution in [2.24, 2.45) is 0 Å². The van der Waals surface area contributed by atoms with Gasteiger partial charge in [0.25, 0.3) is 5.69 Å². The van der Waals surface area contributed by atoms with Crippen LogP contribution < -0.4 is 19.5 Å². The predicted octanol–water partition coefficient (Wildman–Crippen LogP) is 3.47. The summed E-state index contributed by atoms with van der Waals surface area (Å²) >= 11 is 0. The highest BCUT2D eigenvalue weighted by Crippen LogP contribution is 2.40. The molecule has 11 heteroatoms. The van der Waals surface area contributed by atoms with Gasteiger partial charge in [0.1, 0.15) is 0 Å². The number of benzene rings is 2. The van der Waals surface area contributed by atoms with Gasteiger partial charge < -0.3 is 19.5 Å². The van der Waals surface area contributed by atoms with E-state index in [1.165, 1.54) is 33.5 Å². The second kappa shape index (κ2) is 8.14. The van der Waals surface area contributed by atoms with E-state index in [0.717, 1.165) is 0 Å². The third kappa shape index (κ3) is 3.75. The van der Waals surface area contributed by atoms with Crippen molar-refractivity contribution in [1.29, 1.82) is 0 Å². The lowest BCUT2D eigenvalue weighted by molar-refractivity contribution is -0.384. The molecular formula is C20H18N6O5. The quantitative estimate of drug-likeness (QED) is 0.352. The van der Waals surface area contributed by atoms with Crippen LogP contribution in [0, 0.1) is 10.1 Å². The molecule has 158 valence electrons. The summed E-state index contributed by atoms with van der Waals surface area (Å²) in [5, 5.41) is 18.5. The van der Waals surface area contributed by atoms with E-state index in [9.17, 15) is 10.1 Å². The number of nitro groups is 1. The van der Waals surface area contributed by atoms with Gasteiger partial charge in [0, 0.05) is 35.6 Å². The molecule has 0 saturated heterocycles. The average Bonchev–Trinajstić information content (AvgIpc) is 3.20. The first-order valence-electron chi connectivity index (χ1n) is 9.07. The average molecular weight is 422 g/mol. The third-order valence-electron chi connectivity index (χ3n) is 4.49. The van der Waals surface area contributed by atoms with Gasteiger partial charge in [0.2, 0.25) is 11.7 Å². The number of nitrogens with one attached hydrogen (secondary N) is 1. The highest BCUT2D eigenvalue weighted by atomic mass is 16.6. The normalized spacial score (nSPS) is 10.7. The number of ether oxygens (including phenoxy) is 3. The number of nitrogens with zero attached hydrogens (tertiary/aromatic N) is 5. The summed E-state index contributed by atoms with van der Waals surface area (Å²) in [5.41, 5.74) is 1.67. The summed E-state index contributed by atoms with van der Waals surface area (Å²) in [7, 11) is 4.60. The van der Waals surface area contributed by atoms with Crippen molar-refractivity contribution in [2.75, 3.05) is 26.6 Å². The van der Waals surface area contributed by atoms with E-state index in [-0.39, 0.29) is 11.6 Å². The molecule has 2 aromatic carbocycles. The molecule has 0 saturated carbocycles. The number of anilines is 2. The Balaban J connectivity index is 1.77. The van der Waals surface area contributed by atoms with Crippen molar-refractivity contribution in [3.05, 3.63) is 58.8 Å². The first kappa shape index (κ1) is 19.9. The molecule has 0 bridgehead atoms. The molecule has 11 nitrogen and oxygen atoms in total. The number of fused-ring (bicyclic) bond motifs is 1. The minimum Gasteiger partial charge on any atom is -0.493 e. The van der Waals surface area contributed by atoms with E-state index in [1.807, 2.05) is 0 Å². The maximum absolute atomic E-state index is 11.0. The van der Waals surface area contributed by atoms with Crippen molar-refractivity contribution in [3.8, 4) is 28.6 Å². The maximum atomic E-state index is 11.0. The van der Waals surface area contributed by atoms with Gasteiger partial charge in [0.05, 0.1) is 26.3 Å². The van der Waals surface area contributed by atoms with Gasteiger partial charge in [-0.2, -0.15) is 9.50 Å². The highest BCUT2D eigenvalue weighted by molar-refractivity contribution is 5.69. The number of nitro benzene ring substituents is 1. The lowest BCUT2D eigenvalue weighted by Crippen LogP contribution is -2.00. The van der Waals surface area contributed by atoms with Crippen LogP contribution in [0.5, 0.6) is 17.2 Å². The van der Waals surface area contributed by atoms with Crippen LogP contribution in [-0.4, -0.2) is 45.8 Å². The van der Waals surface area contributed by atoms with Gasteiger partial charge in [-0.25, -0.2) is 4.98 Å². The Hall–Kier alpha value is -4.41. The molecule has 4 aromatic rings. The minimum atomic E-state index is -0.464. The molecule has 0 amide bonds. The molecule has 0 aliphatic carbocycles. The summed E-state index contributed by atoms with van der Waals surface area (Å²) in [6.45, 7) is 0. The third-order valence-corrected chi connectivity index (χ3v) is 4.49. The van der Waals surface area contributed by atoms with E-state index in [0.29, 0.717) is 40.0 Å². The number of non-ortho nitro benzene ring substituents is 1. The molecule has 0 aliphatic heterocycles. The summed E-state index contributed by atoms with van der Waals surface area (Å²) in [6, 6.07) is 11.3. The van der Waals surface area contributed by atoms with E-state index < -0.39 is 4.92 Å². The molecule has 0 radical (unpaired) electrons. The number of methoxy groups -OCH3 is 3. The summed E-state index contributed by atoms with van der Waals surface area (Å²) in [4.78, 5) is 19.4. The predicted molar refractivity (Wildman–Crippen MR) is 112 cm³/mol. The van der Waals surface area contributed by atoms with Crippen LogP contribution in [0.1, 0.15) is 0 Å². The Kier molecular flexibility index (Phi) is 5.22. The van der Waals surface area contributed by atoms with Crippen molar-refractivity contribution in [3.63, 3.8) is 0 Å². The van der Waals surface area contributed by atoms with Crippen LogP contribution in [0.4, 0.5) is 17.3 Å². The first-order valence-corrected chi connectivity index (χ1v) is 9.07. The van der Waals surface area contributed by atoms with Gasteiger partial charge in [-0.3, -0.25) is 10.1 Å². The minimum absolute atomic E-state index is 0.0338. The van der Waals surface area contributed by atoms with E-state index >= 15 is 0 Å². The van der Waals surface area contributed by atoms with Gasteiger partial charge in [-0.15, -0.1) is 5.10 Å². The van der Waals surface area contributed by atoms with E-state index in [4.69, 9.17) is 14.2 Å². The highest BCUT2D eigenvalue weighted by Gasteiger charge is 2.18. The van der Waals surface area contributed by atoms with E-state index in [2.05, 4.69) is 20.4 Å². The largest absolute Gasteiger partial charge is 0.493 e. The lowest BCUT2D eigenvalue weighted by Gasteiger charge is -2.14. The second-order valence-corrected chi connectivity index (χ2v) is 6.32. The van der Waals surface area contributed by atoms with Gasteiger partial charge >= 0.3 is 0 Å². The van der Waals surface area contributed by atoms with Crippen LogP contribution in [0.2, 0.25) is 0 Å². The molecule has 0 fully saturated rings. The fourth-order valence-corrected chi connectivity index (χ4v) is 3.10. The molecule has 0 aliphatic rings. The summed E-state index contributed by atoms with van der Waals surface area (Å²) < 4.78 is 17.8. The zero-order valence-corrected chi connectivity index (χ0v) is 16.9. The molecule has 31 heavy (non-hydrogen) atoms. The van der Waals surface area contributed by atoms with Crippen molar-refractivity contribution >= 4 is 23.0 Å². The lowest BCUT2D eigenvalue weighted by atomic mass is 10.1. The zero-order valence-electron chi connectivity index (χ0n) is 16.9. The molecular weight excluding hydrogens is 404 g/mol. The molecule has 1 N–H and O–H groups in total. The van der Waals surface area contributed by atoms with Gasteiger partial charge in [0.15, 0.2) is 23.0 Å². The van der Waals surface area contributed by atoms with Crippen LogP contribution in [0.25, 0.3) is 17.0 Å². The first-order chi connectivity index (χ1) is 15.0. The van der Waals surface area contributed by atoms with E-state index in [1.54, 1.807) is 41.0 Å². The summed E-state index contributed by atoms with van der Waals surface area (Å²) in [6.07, 6.45) is 1.61. The van der Waals surface area contributed by atoms with Crippen LogP contribution in [-0.2, 0) is 0 Å². The van der Waals surface area contributed by atoms with Crippen LogP contribution in [0.3, 0.4) is 0 Å².